The van der Waals surface area contributed by atoms with Gasteiger partial charge in [-0.1, -0.05) is 0 Å². The van der Waals surface area contributed by atoms with Crippen molar-refractivity contribution in [1.82, 2.24) is 19.7 Å². The Kier molecular flexibility index (Phi) is 4.57. The van der Waals surface area contributed by atoms with Crippen LogP contribution in [-0.4, -0.2) is 38.7 Å². The SMILES string of the molecule is Cc1c(CCC(=O)N2CCC[C@@H](c3nccs3)C2)cnn1C. The minimum Gasteiger partial charge on any atom is -0.342 e. The van der Waals surface area contributed by atoms with Crippen LogP contribution in [0.25, 0.3) is 0 Å². The van der Waals surface area contributed by atoms with Gasteiger partial charge in [0.1, 0.15) is 0 Å². The summed E-state index contributed by atoms with van der Waals surface area (Å²) in [6.07, 6.45) is 7.28. The number of carbonyl (C=O) groups excluding carboxylic acids is 1. The van der Waals surface area contributed by atoms with E-state index in [2.05, 4.69) is 10.1 Å². The maximum atomic E-state index is 12.5. The molecular formula is C16H22N4OS. The molecule has 0 N–H and O–H groups in total. The van der Waals surface area contributed by atoms with Gasteiger partial charge in [0.15, 0.2) is 0 Å². The van der Waals surface area contributed by atoms with Crippen molar-refractivity contribution in [2.24, 2.45) is 7.05 Å². The summed E-state index contributed by atoms with van der Waals surface area (Å²) in [5.41, 5.74) is 2.32. The maximum absolute atomic E-state index is 12.5. The standard InChI is InChI=1S/C16H22N4OS/c1-12-13(10-18-19(12)2)5-6-15(21)20-8-3-4-14(11-20)16-17-7-9-22-16/h7,9-10,14H,3-6,8,11H2,1-2H3/t14-/m1/s1. The maximum Gasteiger partial charge on any atom is 0.222 e. The van der Waals surface area contributed by atoms with E-state index < -0.39 is 0 Å². The number of aryl methyl sites for hydroxylation is 2. The molecule has 0 aliphatic carbocycles. The molecule has 1 atom stereocenters. The molecule has 0 aromatic carbocycles. The summed E-state index contributed by atoms with van der Waals surface area (Å²) in [5, 5.41) is 7.42. The number of piperidine rings is 1. The van der Waals surface area contributed by atoms with E-state index in [0.29, 0.717) is 12.3 Å². The lowest BCUT2D eigenvalue weighted by atomic mass is 9.98. The monoisotopic (exact) mass is 318 g/mol. The zero-order chi connectivity index (χ0) is 15.5. The predicted molar refractivity (Wildman–Crippen MR) is 86.9 cm³/mol. The lowest BCUT2D eigenvalue weighted by Crippen LogP contribution is -2.39. The van der Waals surface area contributed by atoms with E-state index in [1.54, 1.807) is 11.3 Å². The fourth-order valence-electron chi connectivity index (χ4n) is 3.03. The average molecular weight is 318 g/mol. The number of carbonyl (C=O) groups is 1. The van der Waals surface area contributed by atoms with Crippen LogP contribution in [0.1, 0.15) is 41.4 Å². The summed E-state index contributed by atoms with van der Waals surface area (Å²) in [4.78, 5) is 18.9. The Labute approximate surface area is 135 Å². The number of nitrogens with zero attached hydrogens (tertiary/aromatic N) is 4. The highest BCUT2D eigenvalue weighted by Crippen LogP contribution is 2.28. The van der Waals surface area contributed by atoms with Crippen LogP contribution < -0.4 is 0 Å². The molecule has 1 amide bonds. The van der Waals surface area contributed by atoms with Gasteiger partial charge in [0.2, 0.25) is 5.91 Å². The highest BCUT2D eigenvalue weighted by atomic mass is 32.1. The molecule has 2 aromatic heterocycles. The molecule has 0 spiro atoms. The predicted octanol–water partition coefficient (Wildman–Crippen LogP) is 2.52. The Bertz CT molecular complexity index is 635. The van der Waals surface area contributed by atoms with Gasteiger partial charge in [-0.15, -0.1) is 11.3 Å². The summed E-state index contributed by atoms with van der Waals surface area (Å²) in [6.45, 7) is 3.75. The van der Waals surface area contributed by atoms with Gasteiger partial charge < -0.3 is 4.90 Å². The second kappa shape index (κ2) is 6.60. The van der Waals surface area contributed by atoms with E-state index in [9.17, 15) is 4.79 Å². The lowest BCUT2D eigenvalue weighted by molar-refractivity contribution is -0.132. The van der Waals surface area contributed by atoms with E-state index in [0.717, 1.165) is 38.0 Å². The zero-order valence-electron chi connectivity index (χ0n) is 13.2. The third kappa shape index (κ3) is 3.21. The molecule has 2 aromatic rings. The fraction of sp³-hybridized carbons (Fsp3) is 0.562. The first-order valence-corrected chi connectivity index (χ1v) is 8.67. The van der Waals surface area contributed by atoms with E-state index in [1.807, 2.05) is 41.3 Å². The number of likely N-dealkylation sites (tertiary alicyclic amines) is 1. The van der Waals surface area contributed by atoms with Crippen molar-refractivity contribution in [3.8, 4) is 0 Å². The molecule has 1 saturated heterocycles. The summed E-state index contributed by atoms with van der Waals surface area (Å²) in [7, 11) is 1.93. The van der Waals surface area contributed by atoms with Crippen molar-refractivity contribution in [2.75, 3.05) is 13.1 Å². The van der Waals surface area contributed by atoms with Crippen molar-refractivity contribution in [3.63, 3.8) is 0 Å². The Morgan fingerprint density at radius 2 is 2.36 bits per heavy atom. The number of amides is 1. The highest BCUT2D eigenvalue weighted by molar-refractivity contribution is 7.09. The average Bonchev–Trinajstić information content (AvgIpc) is 3.17. The molecule has 0 radical (unpaired) electrons. The van der Waals surface area contributed by atoms with E-state index >= 15 is 0 Å². The first-order chi connectivity index (χ1) is 10.6. The van der Waals surface area contributed by atoms with Crippen molar-refractivity contribution >= 4 is 17.2 Å². The molecular weight excluding hydrogens is 296 g/mol. The molecule has 1 aliphatic heterocycles. The van der Waals surface area contributed by atoms with E-state index in [-0.39, 0.29) is 5.91 Å². The summed E-state index contributed by atoms with van der Waals surface area (Å²) < 4.78 is 1.86. The second-order valence-electron chi connectivity index (χ2n) is 5.93. The second-order valence-corrected chi connectivity index (χ2v) is 6.85. The fourth-order valence-corrected chi connectivity index (χ4v) is 3.80. The van der Waals surface area contributed by atoms with Gasteiger partial charge in [0.25, 0.3) is 0 Å². The minimum absolute atomic E-state index is 0.254. The molecule has 1 fully saturated rings. The third-order valence-corrected chi connectivity index (χ3v) is 5.46. The van der Waals surface area contributed by atoms with Crippen LogP contribution in [0.15, 0.2) is 17.8 Å². The molecule has 3 heterocycles. The van der Waals surface area contributed by atoms with E-state index in [1.165, 1.54) is 10.6 Å². The number of rotatable bonds is 4. The van der Waals surface area contributed by atoms with Gasteiger partial charge >= 0.3 is 0 Å². The molecule has 3 rings (SSSR count). The first-order valence-electron chi connectivity index (χ1n) is 7.80. The first kappa shape index (κ1) is 15.2. The smallest absolute Gasteiger partial charge is 0.222 e. The Hall–Kier alpha value is -1.69. The topological polar surface area (TPSA) is 51.0 Å². The molecule has 0 unspecified atom stereocenters. The summed E-state index contributed by atoms with van der Waals surface area (Å²) in [5.74, 6) is 0.669. The zero-order valence-corrected chi connectivity index (χ0v) is 14.0. The third-order valence-electron chi connectivity index (χ3n) is 4.52. The Morgan fingerprint density at radius 1 is 1.50 bits per heavy atom. The van der Waals surface area contributed by atoms with Crippen LogP contribution in [-0.2, 0) is 18.3 Å². The Balaban J connectivity index is 1.56. The normalized spacial score (nSPS) is 18.6. The molecule has 1 aliphatic rings. The minimum atomic E-state index is 0.254. The van der Waals surface area contributed by atoms with Crippen LogP contribution in [0.3, 0.4) is 0 Å². The van der Waals surface area contributed by atoms with Gasteiger partial charge in [-0.3, -0.25) is 9.48 Å². The van der Waals surface area contributed by atoms with Crippen LogP contribution >= 0.6 is 11.3 Å². The molecule has 22 heavy (non-hydrogen) atoms. The van der Waals surface area contributed by atoms with Gasteiger partial charge in [0, 0.05) is 49.7 Å². The molecule has 0 saturated carbocycles. The molecule has 5 nitrogen and oxygen atoms in total. The van der Waals surface area contributed by atoms with Crippen LogP contribution in [0.4, 0.5) is 0 Å². The van der Waals surface area contributed by atoms with Gasteiger partial charge in [-0.2, -0.15) is 5.10 Å². The number of thiazole rings is 1. The van der Waals surface area contributed by atoms with Gasteiger partial charge in [0.05, 0.1) is 11.2 Å². The lowest BCUT2D eigenvalue weighted by Gasteiger charge is -2.32. The quantitative estimate of drug-likeness (QED) is 0.870. The summed E-state index contributed by atoms with van der Waals surface area (Å²) in [6, 6.07) is 0. The van der Waals surface area contributed by atoms with E-state index in [4.69, 9.17) is 0 Å². The largest absolute Gasteiger partial charge is 0.342 e. The highest BCUT2D eigenvalue weighted by Gasteiger charge is 2.26. The number of aromatic nitrogens is 3. The molecule has 0 bridgehead atoms. The van der Waals surface area contributed by atoms with Crippen LogP contribution in [0.5, 0.6) is 0 Å². The number of hydrogen-bond donors (Lipinski definition) is 0. The number of hydrogen-bond acceptors (Lipinski definition) is 4. The van der Waals surface area contributed by atoms with Crippen molar-refractivity contribution in [1.29, 1.82) is 0 Å². The molecule has 6 heteroatoms. The van der Waals surface area contributed by atoms with Crippen molar-refractivity contribution in [2.45, 2.75) is 38.5 Å². The van der Waals surface area contributed by atoms with Gasteiger partial charge in [-0.25, -0.2) is 4.98 Å². The van der Waals surface area contributed by atoms with Crippen LogP contribution in [0.2, 0.25) is 0 Å². The van der Waals surface area contributed by atoms with Crippen molar-refractivity contribution < 1.29 is 4.79 Å². The van der Waals surface area contributed by atoms with Gasteiger partial charge in [-0.05, 0) is 31.7 Å². The Morgan fingerprint density at radius 3 is 3.05 bits per heavy atom. The van der Waals surface area contributed by atoms with Crippen LogP contribution in [0, 0.1) is 6.92 Å². The van der Waals surface area contributed by atoms with Crippen molar-refractivity contribution in [3.05, 3.63) is 34.0 Å². The summed E-state index contributed by atoms with van der Waals surface area (Å²) >= 11 is 1.70. The molecule has 118 valence electrons.